The third-order valence-electron chi connectivity index (χ3n) is 3.79. The largest absolute Gasteiger partial charge is 0.496 e. The van der Waals surface area contributed by atoms with E-state index in [9.17, 15) is 9.59 Å². The van der Waals surface area contributed by atoms with Crippen LogP contribution in [0.5, 0.6) is 17.2 Å². The quantitative estimate of drug-likeness (QED) is 0.527. The molecule has 0 unspecified atom stereocenters. The lowest BCUT2D eigenvalue weighted by atomic mass is 10.0. The van der Waals surface area contributed by atoms with Crippen molar-refractivity contribution in [3.05, 3.63) is 23.8 Å². The zero-order chi connectivity index (χ0) is 19.3. The van der Waals surface area contributed by atoms with Gasteiger partial charge in [0, 0.05) is 17.7 Å². The number of ether oxygens (including phenoxy) is 4. The Morgan fingerprint density at radius 3 is 2.31 bits per heavy atom. The lowest BCUT2D eigenvalue weighted by Crippen LogP contribution is -2.38. The highest BCUT2D eigenvalue weighted by molar-refractivity contribution is 7.80. The molecule has 0 aromatic heterocycles. The molecule has 0 radical (unpaired) electrons. The van der Waals surface area contributed by atoms with Gasteiger partial charge in [0.1, 0.15) is 12.3 Å². The van der Waals surface area contributed by atoms with Gasteiger partial charge in [0.2, 0.25) is 0 Å². The molecule has 1 aliphatic heterocycles. The maximum Gasteiger partial charge on any atom is 0.325 e. The van der Waals surface area contributed by atoms with Crippen molar-refractivity contribution in [1.29, 1.82) is 0 Å². The summed E-state index contributed by atoms with van der Waals surface area (Å²) in [4.78, 5) is 26.0. The molecule has 2 rings (SSSR count). The maximum absolute atomic E-state index is 12.1. The lowest BCUT2D eigenvalue weighted by Gasteiger charge is -2.30. The second kappa shape index (κ2) is 8.66. The first-order chi connectivity index (χ1) is 12.4. The first kappa shape index (κ1) is 19.7. The van der Waals surface area contributed by atoms with E-state index in [0.717, 1.165) is 0 Å². The highest BCUT2D eigenvalue weighted by atomic mass is 32.1. The monoisotopic (exact) mass is 379 g/mol. The van der Waals surface area contributed by atoms with Crippen molar-refractivity contribution in [2.24, 2.45) is 0 Å². The zero-order valence-electron chi connectivity index (χ0n) is 15.2. The Balaban J connectivity index is 2.55. The molecule has 0 saturated carbocycles. The number of nitrogens with zero attached hydrogens (tertiary/aromatic N) is 1. The molecule has 140 valence electrons. The van der Waals surface area contributed by atoms with Crippen molar-refractivity contribution in [1.82, 2.24) is 4.90 Å². The van der Waals surface area contributed by atoms with Gasteiger partial charge in [-0.05, 0) is 13.0 Å². The third kappa shape index (κ3) is 4.13. The fraction of sp³-hybridized carbons (Fsp3) is 0.389. The number of hydrogen-bond acceptors (Lipinski definition) is 7. The van der Waals surface area contributed by atoms with Crippen LogP contribution >= 0.6 is 12.2 Å². The summed E-state index contributed by atoms with van der Waals surface area (Å²) in [5, 5.41) is 0. The van der Waals surface area contributed by atoms with Crippen molar-refractivity contribution in [3.63, 3.8) is 0 Å². The average Bonchev–Trinajstić information content (AvgIpc) is 2.62. The summed E-state index contributed by atoms with van der Waals surface area (Å²) in [6, 6.07) is 3.34. The summed E-state index contributed by atoms with van der Waals surface area (Å²) < 4.78 is 21.1. The van der Waals surface area contributed by atoms with Crippen LogP contribution in [0.15, 0.2) is 18.2 Å². The van der Waals surface area contributed by atoms with E-state index < -0.39 is 5.97 Å². The van der Waals surface area contributed by atoms with Crippen molar-refractivity contribution in [2.45, 2.75) is 13.3 Å². The number of benzene rings is 1. The van der Waals surface area contributed by atoms with E-state index in [1.54, 1.807) is 24.0 Å². The van der Waals surface area contributed by atoms with Gasteiger partial charge in [-0.3, -0.25) is 9.59 Å². The Morgan fingerprint density at radius 1 is 1.12 bits per heavy atom. The summed E-state index contributed by atoms with van der Waals surface area (Å²) in [7, 11) is 4.53. The number of rotatable bonds is 7. The van der Waals surface area contributed by atoms with Crippen LogP contribution in [0.3, 0.4) is 0 Å². The Labute approximate surface area is 157 Å². The highest BCUT2D eigenvalue weighted by Crippen LogP contribution is 2.40. The van der Waals surface area contributed by atoms with Crippen LogP contribution in [0.25, 0.3) is 5.70 Å². The van der Waals surface area contributed by atoms with Gasteiger partial charge in [-0.25, -0.2) is 0 Å². The number of carbonyl (C=O) groups excluding carboxylic acids is 2. The fourth-order valence-corrected chi connectivity index (χ4v) is 2.93. The Kier molecular flexibility index (Phi) is 6.57. The van der Waals surface area contributed by atoms with Crippen LogP contribution in [0, 0.1) is 0 Å². The SMILES string of the molecule is CCOC(=O)CN1C(=S)CC(=O)C=C1c1cc(OC)c(OC)cc1OC. The molecule has 26 heavy (non-hydrogen) atoms. The maximum atomic E-state index is 12.1. The molecule has 0 bridgehead atoms. The van der Waals surface area contributed by atoms with E-state index in [1.807, 2.05) is 0 Å². The molecule has 0 fully saturated rings. The van der Waals surface area contributed by atoms with Gasteiger partial charge >= 0.3 is 5.97 Å². The molecule has 1 heterocycles. The number of ketones is 1. The third-order valence-corrected chi connectivity index (χ3v) is 4.15. The molecule has 1 aromatic carbocycles. The van der Waals surface area contributed by atoms with Gasteiger partial charge in [-0.2, -0.15) is 0 Å². The van der Waals surface area contributed by atoms with Crippen molar-refractivity contribution >= 4 is 34.7 Å². The molecular weight excluding hydrogens is 358 g/mol. The molecule has 0 spiro atoms. The van der Waals surface area contributed by atoms with Crippen LogP contribution < -0.4 is 14.2 Å². The number of allylic oxidation sites excluding steroid dienone is 1. The van der Waals surface area contributed by atoms with Crippen LogP contribution in [0.2, 0.25) is 0 Å². The lowest BCUT2D eigenvalue weighted by molar-refractivity contribution is -0.143. The van der Waals surface area contributed by atoms with Crippen molar-refractivity contribution in [3.8, 4) is 17.2 Å². The Hall–Kier alpha value is -2.61. The molecule has 0 N–H and O–H groups in total. The molecule has 0 saturated heterocycles. The van der Waals surface area contributed by atoms with E-state index in [2.05, 4.69) is 0 Å². The van der Waals surface area contributed by atoms with E-state index >= 15 is 0 Å². The standard InChI is InChI=1S/C18H21NO6S/c1-5-25-18(21)10-19-13(6-11(20)7-17(19)26)12-8-15(23-3)16(24-4)9-14(12)22-2/h6,8-9H,5,7,10H2,1-4H3. The summed E-state index contributed by atoms with van der Waals surface area (Å²) in [5.41, 5.74) is 1.02. The van der Waals surface area contributed by atoms with Crippen molar-refractivity contribution in [2.75, 3.05) is 34.5 Å². The highest BCUT2D eigenvalue weighted by Gasteiger charge is 2.29. The second-order valence-electron chi connectivity index (χ2n) is 5.37. The number of hydrogen-bond donors (Lipinski definition) is 0. The fourth-order valence-electron chi connectivity index (χ4n) is 2.62. The van der Waals surface area contributed by atoms with Crippen molar-refractivity contribution < 1.29 is 28.5 Å². The molecule has 0 aliphatic carbocycles. The average molecular weight is 379 g/mol. The van der Waals surface area contributed by atoms with Gasteiger partial charge in [-0.15, -0.1) is 0 Å². The summed E-state index contributed by atoms with van der Waals surface area (Å²) in [5.74, 6) is 0.816. The smallest absolute Gasteiger partial charge is 0.325 e. The number of carbonyl (C=O) groups is 2. The van der Waals surface area contributed by atoms with Gasteiger partial charge in [0.05, 0.1) is 45.0 Å². The number of thiocarbonyl (C=S) groups is 1. The van der Waals surface area contributed by atoms with Gasteiger partial charge in [0.15, 0.2) is 17.3 Å². The van der Waals surface area contributed by atoms with E-state index in [-0.39, 0.29) is 25.4 Å². The summed E-state index contributed by atoms with van der Waals surface area (Å²) in [6.45, 7) is 1.89. The molecule has 0 amide bonds. The Bertz CT molecular complexity index is 758. The molecule has 0 atom stereocenters. The van der Waals surface area contributed by atoms with E-state index in [1.165, 1.54) is 27.4 Å². The topological polar surface area (TPSA) is 74.3 Å². The first-order valence-electron chi connectivity index (χ1n) is 7.96. The van der Waals surface area contributed by atoms with Crippen LogP contribution in [-0.2, 0) is 14.3 Å². The molecule has 1 aliphatic rings. The van der Waals surface area contributed by atoms with Crippen LogP contribution in [-0.4, -0.2) is 56.1 Å². The second-order valence-corrected chi connectivity index (χ2v) is 5.84. The minimum absolute atomic E-state index is 0.0633. The van der Waals surface area contributed by atoms with Gasteiger partial charge < -0.3 is 23.8 Å². The first-order valence-corrected chi connectivity index (χ1v) is 8.36. The molecule has 1 aromatic rings. The minimum atomic E-state index is -0.436. The molecular formula is C18H21NO6S. The molecule has 8 heteroatoms. The Morgan fingerprint density at radius 2 is 1.73 bits per heavy atom. The number of esters is 1. The predicted octanol–water partition coefficient (Wildman–Crippen LogP) is 2.22. The molecule has 7 nitrogen and oxygen atoms in total. The van der Waals surface area contributed by atoms with Crippen LogP contribution in [0.1, 0.15) is 18.9 Å². The number of methoxy groups -OCH3 is 3. The van der Waals surface area contributed by atoms with E-state index in [0.29, 0.717) is 33.5 Å². The normalized spacial score (nSPS) is 14.0. The van der Waals surface area contributed by atoms with Gasteiger partial charge in [0.25, 0.3) is 0 Å². The minimum Gasteiger partial charge on any atom is -0.496 e. The predicted molar refractivity (Wildman–Crippen MR) is 99.6 cm³/mol. The van der Waals surface area contributed by atoms with Gasteiger partial charge in [-0.1, -0.05) is 12.2 Å². The summed E-state index contributed by atoms with van der Waals surface area (Å²) in [6.07, 6.45) is 1.51. The zero-order valence-corrected chi connectivity index (χ0v) is 16.0. The van der Waals surface area contributed by atoms with Crippen LogP contribution in [0.4, 0.5) is 0 Å². The summed E-state index contributed by atoms with van der Waals surface area (Å²) >= 11 is 5.33. The van der Waals surface area contributed by atoms with E-state index in [4.69, 9.17) is 31.2 Å².